The van der Waals surface area contributed by atoms with E-state index in [-0.39, 0.29) is 289 Å². The molecular weight excluding hydrogens is 1780 g/mol. The molecule has 50 nitrogen and oxygen atoms in total. The number of anilines is 1. The molecule has 15 atom stereocenters. The topological polar surface area (TPSA) is 655 Å². The van der Waals surface area contributed by atoms with Crippen LogP contribution in [0.1, 0.15) is 56.8 Å². The number of aliphatic hydroxyl groups excluding tert-OH is 9. The Bertz CT molecular complexity index is 3200. The number of hydrogen-bond acceptors (Lipinski definition) is 41. The van der Waals surface area contributed by atoms with Crippen LogP contribution in [0.5, 0.6) is 0 Å². The van der Waals surface area contributed by atoms with Gasteiger partial charge in [0.15, 0.2) is 18.9 Å². The van der Waals surface area contributed by atoms with Crippen LogP contribution in [-0.4, -0.2) is 480 Å². The lowest BCUT2D eigenvalue weighted by molar-refractivity contribution is -0.272. The molecular formula is C83H139N9O41. The summed E-state index contributed by atoms with van der Waals surface area (Å²) in [4.78, 5) is 126. The summed E-state index contributed by atoms with van der Waals surface area (Å²) in [6.07, 6.45) is -13.8. The van der Waals surface area contributed by atoms with Gasteiger partial charge in [-0.1, -0.05) is 0 Å². The second-order valence-corrected chi connectivity index (χ2v) is 30.1. The Hall–Kier alpha value is -7.38. The van der Waals surface area contributed by atoms with E-state index in [9.17, 15) is 93.9 Å². The molecule has 1 aromatic carbocycles. The van der Waals surface area contributed by atoms with E-state index in [1.807, 2.05) is 0 Å². The van der Waals surface area contributed by atoms with Crippen molar-refractivity contribution in [3.63, 3.8) is 0 Å². The predicted octanol–water partition coefficient (Wildman–Crippen LogP) is -9.24. The number of carbonyl (C=O) groups excluding carboxylic acids is 10. The summed E-state index contributed by atoms with van der Waals surface area (Å²) in [5, 5.41) is 112. The van der Waals surface area contributed by atoms with Gasteiger partial charge in [-0.05, 0) is 24.3 Å². The third-order valence-electron chi connectivity index (χ3n) is 19.5. The first-order chi connectivity index (χ1) is 64.3. The number of amides is 10. The highest BCUT2D eigenvalue weighted by Crippen LogP contribution is 2.26. The first-order valence-corrected chi connectivity index (χ1v) is 44.1. The molecule has 0 aromatic heterocycles. The minimum absolute atomic E-state index is 0.0161. The van der Waals surface area contributed by atoms with Crippen molar-refractivity contribution in [1.82, 2.24) is 42.5 Å². The highest BCUT2D eigenvalue weighted by molar-refractivity contribution is 6.28. The lowest BCUT2D eigenvalue weighted by Crippen LogP contribution is -2.64. The standard InChI is InChI=1S/C83H139N9O41/c1-56(96)88-70-76(108)73(105)61(50-93)131-80(70)128-47-44-122-41-38-119-32-27-113-22-14-84-64(99)10-19-125-53-83(54-126-20-11-65(100)85-15-23-114-28-33-120-39-42-123-45-48-129-81-71(89-57(2)97)77(109)74(106)62(51-94)132-81,55-127-21-12-66(101)86-16-24-115-29-34-121-40-43-124-46-49-130-82-72(90-58(3)98)78(110)75(107)63(52-95)133-82)91-67(102)13-18-112-26-31-117-36-37-118-35-30-116-25-17-87-79(111)59-4-6-60(7-5-59)92-68(103)8-9-69(92)104/h4-9,61-63,70-78,80-82,93-95,105-110H,10-55H2,1-3H3,(H,84,99)(H,85,100)(H,86,101)(H,87,111)(H,88,96)(H,89,97)(H,90,98)(H,91,102)/t61-,62-,63-,70-,71-,72-,73+,74+,75+,76-,77-,78-,80+,81+,82+/m1/s1. The van der Waals surface area contributed by atoms with E-state index in [0.717, 1.165) is 4.90 Å². The number of ether oxygens (including phenoxy) is 22. The first kappa shape index (κ1) is 116. The quantitative estimate of drug-likeness (QED) is 0.0213. The smallest absolute Gasteiger partial charge is 0.258 e. The average Bonchev–Trinajstić information content (AvgIpc) is 1.52. The SMILES string of the molecule is CC(=O)N[C@H]1[C@@H](OCCOCCOCCOCCNC(=O)CCOCC(COCCC(=O)NCCOCCOCCOCCO[C@H]2O[C@H](CO)[C@H](O)[C@H](O)[C@H]2NC(C)=O)(COCCC(=O)NCCOCCOCCOCCO[C@H]2O[C@H](CO)[C@H](O)[C@H](O)[C@H]2NC(C)=O)NC(=O)CCOCCOCCOCCOCCNC(=O)c2ccc(N3C(=O)C=CC3=O)cc2)O[C@H](CO)[C@H](O)[C@@H]1O. The summed E-state index contributed by atoms with van der Waals surface area (Å²) in [5.74, 6) is -4.48. The Kier molecular flexibility index (Phi) is 61.4. The van der Waals surface area contributed by atoms with E-state index in [1.165, 1.54) is 57.2 Å². The molecule has 50 heteroatoms. The van der Waals surface area contributed by atoms with Gasteiger partial charge in [-0.15, -0.1) is 0 Å². The van der Waals surface area contributed by atoms with E-state index in [1.54, 1.807) is 0 Å². The molecule has 3 saturated heterocycles. The number of imide groups is 1. The summed E-state index contributed by atoms with van der Waals surface area (Å²) >= 11 is 0. The Morgan fingerprint density at radius 1 is 0.323 bits per heavy atom. The van der Waals surface area contributed by atoms with Crippen molar-refractivity contribution in [2.24, 2.45) is 0 Å². The molecule has 0 saturated carbocycles. The fourth-order valence-corrected chi connectivity index (χ4v) is 12.8. The second kappa shape index (κ2) is 70.3. The van der Waals surface area contributed by atoms with Gasteiger partial charge in [0.05, 0.1) is 257 Å². The van der Waals surface area contributed by atoms with Gasteiger partial charge in [-0.3, -0.25) is 47.9 Å². The summed E-state index contributed by atoms with van der Waals surface area (Å²) in [5.41, 5.74) is -0.817. The van der Waals surface area contributed by atoms with Crippen LogP contribution in [0, 0.1) is 0 Å². The van der Waals surface area contributed by atoms with Crippen molar-refractivity contribution in [2.75, 3.05) is 282 Å². The number of nitrogens with one attached hydrogen (secondary N) is 8. The molecule has 4 aliphatic heterocycles. The Morgan fingerprint density at radius 2 is 0.571 bits per heavy atom. The zero-order valence-electron chi connectivity index (χ0n) is 75.7. The van der Waals surface area contributed by atoms with E-state index in [0.29, 0.717) is 11.3 Å². The Labute approximate surface area is 770 Å². The van der Waals surface area contributed by atoms with Crippen molar-refractivity contribution in [3.8, 4) is 0 Å². The fraction of sp³-hybridized carbons (Fsp3) is 0.783. The van der Waals surface area contributed by atoms with Gasteiger partial charge < -0.3 is 193 Å². The highest BCUT2D eigenvalue weighted by Gasteiger charge is 2.48. The second-order valence-electron chi connectivity index (χ2n) is 30.1. The van der Waals surface area contributed by atoms with Crippen LogP contribution in [0.25, 0.3) is 0 Å². The van der Waals surface area contributed by atoms with Crippen LogP contribution in [0.3, 0.4) is 0 Å². The van der Waals surface area contributed by atoms with Crippen LogP contribution in [0.4, 0.5) is 5.69 Å². The number of benzene rings is 1. The van der Waals surface area contributed by atoms with Crippen molar-refractivity contribution < 1.29 is 198 Å². The summed E-state index contributed by atoms with van der Waals surface area (Å²) < 4.78 is 124. The van der Waals surface area contributed by atoms with Crippen molar-refractivity contribution in [3.05, 3.63) is 42.0 Å². The van der Waals surface area contributed by atoms with Crippen LogP contribution in [0.15, 0.2) is 36.4 Å². The van der Waals surface area contributed by atoms with E-state index in [2.05, 4.69) is 42.5 Å². The van der Waals surface area contributed by atoms with E-state index >= 15 is 0 Å². The molecule has 0 spiro atoms. The molecule has 4 heterocycles. The molecule has 4 aliphatic rings. The molecule has 0 bridgehead atoms. The molecule has 0 radical (unpaired) electrons. The number of carbonyl (C=O) groups is 10. The summed E-state index contributed by atoms with van der Waals surface area (Å²) in [7, 11) is 0. The minimum atomic E-state index is -1.49. The minimum Gasteiger partial charge on any atom is -0.394 e. The maximum Gasteiger partial charge on any atom is 0.258 e. The molecule has 0 unspecified atom stereocenters. The van der Waals surface area contributed by atoms with E-state index < -0.39 is 170 Å². The molecule has 0 aliphatic carbocycles. The van der Waals surface area contributed by atoms with Crippen molar-refractivity contribution in [1.29, 1.82) is 0 Å². The van der Waals surface area contributed by atoms with Gasteiger partial charge in [0, 0.05) is 90.3 Å². The largest absolute Gasteiger partial charge is 0.394 e. The van der Waals surface area contributed by atoms with E-state index in [4.69, 9.17) is 104 Å². The molecule has 133 heavy (non-hydrogen) atoms. The first-order valence-electron chi connectivity index (χ1n) is 44.1. The maximum absolute atomic E-state index is 13.9. The molecule has 3 fully saturated rings. The summed E-state index contributed by atoms with van der Waals surface area (Å²) in [6.45, 7) is 5.37. The zero-order chi connectivity index (χ0) is 96.6. The van der Waals surface area contributed by atoms with Gasteiger partial charge >= 0.3 is 0 Å². The molecule has 10 amide bonds. The number of hydrogen-bond donors (Lipinski definition) is 17. The van der Waals surface area contributed by atoms with Gasteiger partial charge in [0.1, 0.15) is 78.6 Å². The molecule has 5 rings (SSSR count). The Morgan fingerprint density at radius 3 is 0.850 bits per heavy atom. The normalized spacial score (nSPS) is 22.5. The van der Waals surface area contributed by atoms with Crippen LogP contribution >= 0.6 is 0 Å². The van der Waals surface area contributed by atoms with Crippen LogP contribution in [0.2, 0.25) is 0 Å². The fourth-order valence-electron chi connectivity index (χ4n) is 12.8. The van der Waals surface area contributed by atoms with Crippen molar-refractivity contribution in [2.45, 2.75) is 144 Å². The average molecular weight is 1920 g/mol. The van der Waals surface area contributed by atoms with Crippen LogP contribution < -0.4 is 47.4 Å². The zero-order valence-corrected chi connectivity index (χ0v) is 75.7. The maximum atomic E-state index is 13.9. The lowest BCUT2D eigenvalue weighted by atomic mass is 9.97. The Balaban J connectivity index is 1.05. The number of rotatable bonds is 78. The highest BCUT2D eigenvalue weighted by atomic mass is 16.7. The monoisotopic (exact) mass is 1920 g/mol. The van der Waals surface area contributed by atoms with Gasteiger partial charge in [0.2, 0.25) is 41.4 Å². The van der Waals surface area contributed by atoms with Gasteiger partial charge in [-0.2, -0.15) is 0 Å². The number of nitrogens with zero attached hydrogens (tertiary/aromatic N) is 1. The molecule has 762 valence electrons. The molecule has 1 aromatic rings. The third kappa shape index (κ3) is 48.5. The predicted molar refractivity (Wildman–Crippen MR) is 456 cm³/mol. The van der Waals surface area contributed by atoms with Gasteiger partial charge in [0.25, 0.3) is 17.7 Å². The third-order valence-corrected chi connectivity index (χ3v) is 19.5. The molecule has 17 N–H and O–H groups in total. The number of aliphatic hydroxyl groups is 9. The van der Waals surface area contributed by atoms with Gasteiger partial charge in [-0.25, -0.2) is 4.90 Å². The van der Waals surface area contributed by atoms with Crippen molar-refractivity contribution >= 4 is 64.8 Å². The van der Waals surface area contributed by atoms with Crippen LogP contribution in [-0.2, 0) is 147 Å². The lowest BCUT2D eigenvalue weighted by Gasteiger charge is -2.42. The summed E-state index contributed by atoms with van der Waals surface area (Å²) in [6, 6.07) is 2.75.